The smallest absolute Gasteiger partial charge is 0.335 e. The number of hydrogen-bond acceptors (Lipinski definition) is 8. The normalized spacial score (nSPS) is 10.5. The lowest BCUT2D eigenvalue weighted by molar-refractivity contribution is 0.0686. The van der Waals surface area contributed by atoms with Crippen LogP contribution in [0.4, 0.5) is 5.69 Å². The zero-order valence-electron chi connectivity index (χ0n) is 20.1. The van der Waals surface area contributed by atoms with Crippen LogP contribution in [0.25, 0.3) is 22.6 Å². The van der Waals surface area contributed by atoms with Crippen LogP contribution in [0.1, 0.15) is 31.1 Å². The molecule has 0 saturated carbocycles. The second-order valence-electron chi connectivity index (χ2n) is 8.00. The van der Waals surface area contributed by atoms with Gasteiger partial charge in [-0.1, -0.05) is 46.4 Å². The Morgan fingerprint density at radius 3 is 1.78 bits per heavy atom. The standard InChI is InChI=1S/C13H8Cl2N2O4.C13H6Cl2N2O3/c14-10-4-7(5-11(15)17-10)12(19)16-8-2-1-6(13(20)21)3-9(8)18;14-10-4-7(5-11(15)17-10)12-16-8-2-1-6(13(18)19)3-9(8)20-12/h1-5,18H,(H,16,19)(H,20,21);1-5H,(H,18,19). The van der Waals surface area contributed by atoms with E-state index in [0.29, 0.717) is 22.6 Å². The number of carboxylic acids is 2. The molecular weight excluding hydrogens is 622 g/mol. The number of nitrogens with one attached hydrogen (secondary N) is 1. The van der Waals surface area contributed by atoms with Crippen LogP contribution in [-0.2, 0) is 0 Å². The van der Waals surface area contributed by atoms with E-state index in [9.17, 15) is 19.5 Å². The molecule has 3 aromatic heterocycles. The molecule has 0 aliphatic heterocycles. The zero-order chi connectivity index (χ0) is 29.8. The summed E-state index contributed by atoms with van der Waals surface area (Å²) in [6.45, 7) is 0. The molecule has 5 aromatic rings. The van der Waals surface area contributed by atoms with Crippen molar-refractivity contribution in [3.63, 3.8) is 0 Å². The number of amides is 1. The minimum absolute atomic E-state index is 0.0538. The predicted molar refractivity (Wildman–Crippen MR) is 151 cm³/mol. The number of carbonyl (C=O) groups is 3. The molecule has 208 valence electrons. The summed E-state index contributed by atoms with van der Waals surface area (Å²) in [5.41, 5.74) is 1.75. The van der Waals surface area contributed by atoms with Crippen molar-refractivity contribution < 1.29 is 34.1 Å². The number of phenolic OH excluding ortho intramolecular Hbond substituents is 1. The lowest BCUT2D eigenvalue weighted by atomic mass is 10.2. The Hall–Kier alpha value is -4.42. The fraction of sp³-hybridized carbons (Fsp3) is 0. The van der Waals surface area contributed by atoms with Crippen LogP contribution in [0.3, 0.4) is 0 Å². The number of pyridine rings is 2. The van der Waals surface area contributed by atoms with Crippen LogP contribution in [0, 0.1) is 0 Å². The first-order valence-corrected chi connectivity index (χ1v) is 12.6. The maximum Gasteiger partial charge on any atom is 0.335 e. The highest BCUT2D eigenvalue weighted by Crippen LogP contribution is 2.28. The van der Waals surface area contributed by atoms with Crippen LogP contribution < -0.4 is 5.32 Å². The summed E-state index contributed by atoms with van der Waals surface area (Å²) < 4.78 is 5.54. The van der Waals surface area contributed by atoms with E-state index in [1.807, 2.05) is 0 Å². The summed E-state index contributed by atoms with van der Waals surface area (Å²) in [5.74, 6) is -2.85. The molecule has 3 heterocycles. The fourth-order valence-electron chi connectivity index (χ4n) is 3.33. The zero-order valence-corrected chi connectivity index (χ0v) is 23.1. The number of anilines is 1. The van der Waals surface area contributed by atoms with Gasteiger partial charge in [0, 0.05) is 11.1 Å². The van der Waals surface area contributed by atoms with Gasteiger partial charge in [0.25, 0.3) is 5.91 Å². The van der Waals surface area contributed by atoms with Gasteiger partial charge < -0.3 is 25.1 Å². The Balaban J connectivity index is 0.000000189. The second-order valence-corrected chi connectivity index (χ2v) is 9.55. The molecule has 5 rings (SSSR count). The molecule has 0 radical (unpaired) electrons. The first-order valence-electron chi connectivity index (χ1n) is 11.1. The van der Waals surface area contributed by atoms with E-state index < -0.39 is 17.8 Å². The lowest BCUT2D eigenvalue weighted by Crippen LogP contribution is -2.12. The Morgan fingerprint density at radius 1 is 0.683 bits per heavy atom. The maximum atomic E-state index is 12.0. The molecule has 0 atom stereocenters. The number of nitrogens with zero attached hydrogens (tertiary/aromatic N) is 3. The van der Waals surface area contributed by atoms with Gasteiger partial charge in [0.2, 0.25) is 5.89 Å². The molecule has 0 bridgehead atoms. The molecule has 1 amide bonds. The molecule has 0 saturated heterocycles. The van der Waals surface area contributed by atoms with E-state index in [1.54, 1.807) is 18.2 Å². The first-order chi connectivity index (χ1) is 19.4. The number of carbonyl (C=O) groups excluding carboxylic acids is 1. The molecular formula is C26H14Cl4N4O7. The molecule has 0 aliphatic carbocycles. The number of rotatable bonds is 5. The molecule has 0 spiro atoms. The molecule has 0 fully saturated rings. The number of carboxylic acid groups (broad SMARTS) is 2. The minimum atomic E-state index is -1.18. The SMILES string of the molecule is O=C(O)c1ccc(NC(=O)c2cc(Cl)nc(Cl)c2)c(O)c1.O=C(O)c1ccc2nc(-c3cc(Cl)nc(Cl)c3)oc2c1. The molecule has 0 unspecified atom stereocenters. The van der Waals surface area contributed by atoms with Crippen LogP contribution >= 0.6 is 46.4 Å². The highest BCUT2D eigenvalue weighted by Gasteiger charge is 2.14. The minimum Gasteiger partial charge on any atom is -0.506 e. The van der Waals surface area contributed by atoms with Crippen molar-refractivity contribution in [2.45, 2.75) is 0 Å². The molecule has 2 aromatic carbocycles. The van der Waals surface area contributed by atoms with E-state index in [-0.39, 0.29) is 48.7 Å². The van der Waals surface area contributed by atoms with Gasteiger partial charge in [-0.25, -0.2) is 24.5 Å². The van der Waals surface area contributed by atoms with Crippen LogP contribution in [0.15, 0.2) is 65.1 Å². The summed E-state index contributed by atoms with van der Waals surface area (Å²) in [5, 5.41) is 30.4. The van der Waals surface area contributed by atoms with E-state index >= 15 is 0 Å². The molecule has 4 N–H and O–H groups in total. The first kappa shape index (κ1) is 29.6. The second kappa shape index (κ2) is 12.4. The lowest BCUT2D eigenvalue weighted by Gasteiger charge is -2.08. The van der Waals surface area contributed by atoms with Crippen molar-refractivity contribution in [2.24, 2.45) is 0 Å². The molecule has 11 nitrogen and oxygen atoms in total. The third-order valence-electron chi connectivity index (χ3n) is 5.16. The number of fused-ring (bicyclic) bond motifs is 1. The van der Waals surface area contributed by atoms with Gasteiger partial charge in [0.15, 0.2) is 5.58 Å². The summed E-state index contributed by atoms with van der Waals surface area (Å²) in [7, 11) is 0. The Labute approximate surface area is 249 Å². The number of aromatic carboxylic acids is 2. The van der Waals surface area contributed by atoms with Gasteiger partial charge in [-0.3, -0.25) is 4.79 Å². The van der Waals surface area contributed by atoms with Gasteiger partial charge in [-0.15, -0.1) is 0 Å². The number of hydrogen-bond donors (Lipinski definition) is 4. The van der Waals surface area contributed by atoms with Crippen molar-refractivity contribution in [1.29, 1.82) is 0 Å². The molecule has 15 heteroatoms. The molecule has 0 aliphatic rings. The molecule has 41 heavy (non-hydrogen) atoms. The number of phenols is 1. The average Bonchev–Trinajstić information content (AvgIpc) is 3.33. The van der Waals surface area contributed by atoms with Crippen molar-refractivity contribution in [1.82, 2.24) is 15.0 Å². The van der Waals surface area contributed by atoms with Gasteiger partial charge in [0.05, 0.1) is 16.8 Å². The highest BCUT2D eigenvalue weighted by atomic mass is 35.5. The third-order valence-corrected chi connectivity index (χ3v) is 5.94. The quantitative estimate of drug-likeness (QED) is 0.117. The topological polar surface area (TPSA) is 176 Å². The van der Waals surface area contributed by atoms with E-state index in [2.05, 4.69) is 20.3 Å². The summed E-state index contributed by atoms with van der Waals surface area (Å²) in [6.07, 6.45) is 0. The third kappa shape index (κ3) is 7.41. The Bertz CT molecular complexity index is 1790. The van der Waals surface area contributed by atoms with Crippen molar-refractivity contribution in [3.8, 4) is 17.2 Å². The van der Waals surface area contributed by atoms with Crippen molar-refractivity contribution in [3.05, 3.63) is 98.0 Å². The summed E-state index contributed by atoms with van der Waals surface area (Å²) in [6, 6.07) is 13.8. The van der Waals surface area contributed by atoms with E-state index in [1.165, 1.54) is 36.4 Å². The Kier molecular flexibility index (Phi) is 8.94. The van der Waals surface area contributed by atoms with Gasteiger partial charge >= 0.3 is 11.9 Å². The fourth-order valence-corrected chi connectivity index (χ4v) is 4.25. The average molecular weight is 636 g/mol. The summed E-state index contributed by atoms with van der Waals surface area (Å²) in [4.78, 5) is 45.5. The van der Waals surface area contributed by atoms with Gasteiger partial charge in [-0.05, 0) is 60.7 Å². The number of benzene rings is 2. The number of oxazole rings is 1. The highest BCUT2D eigenvalue weighted by molar-refractivity contribution is 6.33. The number of aromatic nitrogens is 3. The maximum absolute atomic E-state index is 12.0. The van der Waals surface area contributed by atoms with Gasteiger partial charge in [0.1, 0.15) is 31.9 Å². The van der Waals surface area contributed by atoms with E-state index in [0.717, 1.165) is 6.07 Å². The Morgan fingerprint density at radius 2 is 1.22 bits per heavy atom. The van der Waals surface area contributed by atoms with Gasteiger partial charge in [-0.2, -0.15) is 0 Å². The van der Waals surface area contributed by atoms with Crippen molar-refractivity contribution in [2.75, 3.05) is 5.32 Å². The summed E-state index contributed by atoms with van der Waals surface area (Å²) >= 11 is 23.0. The largest absolute Gasteiger partial charge is 0.506 e. The van der Waals surface area contributed by atoms with Crippen molar-refractivity contribution >= 4 is 81.0 Å². The predicted octanol–water partition coefficient (Wildman–Crippen LogP) is 6.94. The van der Waals surface area contributed by atoms with E-state index in [4.69, 9.17) is 61.0 Å². The van der Waals surface area contributed by atoms with Crippen LogP contribution in [0.5, 0.6) is 5.75 Å². The monoisotopic (exact) mass is 634 g/mol. The van der Waals surface area contributed by atoms with Crippen LogP contribution in [-0.4, -0.2) is 48.1 Å². The number of halogens is 4. The number of aromatic hydroxyl groups is 1. The van der Waals surface area contributed by atoms with Crippen LogP contribution in [0.2, 0.25) is 20.6 Å².